The van der Waals surface area contributed by atoms with Gasteiger partial charge in [0.25, 0.3) is 5.91 Å². The molecule has 7 nitrogen and oxygen atoms in total. The Labute approximate surface area is 129 Å². The molecule has 2 rings (SSSR count). The monoisotopic (exact) mass is 330 g/mol. The number of imide groups is 1. The Bertz CT molecular complexity index is 621. The molecule has 0 aromatic carbocycles. The van der Waals surface area contributed by atoms with E-state index in [2.05, 4.69) is 4.98 Å². The Kier molecular flexibility index (Phi) is 4.52. The van der Waals surface area contributed by atoms with Crippen molar-refractivity contribution in [1.82, 2.24) is 20.1 Å². The van der Waals surface area contributed by atoms with Gasteiger partial charge in [-0.3, -0.25) is 19.5 Å². The van der Waals surface area contributed by atoms with E-state index in [0.717, 1.165) is 11.0 Å². The Hall–Kier alpha value is -2.65. The highest BCUT2D eigenvalue weighted by molar-refractivity contribution is 6.04. The summed E-state index contributed by atoms with van der Waals surface area (Å²) < 4.78 is 39.3. The van der Waals surface area contributed by atoms with Crippen molar-refractivity contribution in [2.75, 3.05) is 20.1 Å². The molecule has 1 N–H and O–H groups in total. The summed E-state index contributed by atoms with van der Waals surface area (Å²) in [7, 11) is 1.35. The number of rotatable bonds is 4. The Morgan fingerprint density at radius 2 is 2.09 bits per heavy atom. The summed E-state index contributed by atoms with van der Waals surface area (Å²) in [5.74, 6) is -1.75. The van der Waals surface area contributed by atoms with Crippen LogP contribution in [-0.4, -0.2) is 58.9 Å². The summed E-state index contributed by atoms with van der Waals surface area (Å²) >= 11 is 0. The number of amides is 4. The first kappa shape index (κ1) is 16.7. The van der Waals surface area contributed by atoms with E-state index in [1.807, 2.05) is 0 Å². The summed E-state index contributed by atoms with van der Waals surface area (Å²) in [6.07, 6.45) is -3.59. The molecule has 1 aliphatic rings. The van der Waals surface area contributed by atoms with Crippen LogP contribution in [0.25, 0.3) is 0 Å². The van der Waals surface area contributed by atoms with Gasteiger partial charge >= 0.3 is 12.2 Å². The van der Waals surface area contributed by atoms with Crippen molar-refractivity contribution in [3.05, 3.63) is 30.1 Å². The minimum atomic E-state index is -4.76. The molecule has 2 heterocycles. The number of urea groups is 1. The molecule has 1 aliphatic heterocycles. The van der Waals surface area contributed by atoms with Crippen LogP contribution in [0.3, 0.4) is 0 Å². The van der Waals surface area contributed by atoms with Crippen molar-refractivity contribution in [1.29, 1.82) is 0 Å². The minimum absolute atomic E-state index is 0.213. The number of aromatic nitrogens is 1. The molecule has 1 unspecified atom stereocenters. The molecule has 124 valence electrons. The van der Waals surface area contributed by atoms with Gasteiger partial charge in [-0.1, -0.05) is 6.07 Å². The van der Waals surface area contributed by atoms with Crippen molar-refractivity contribution >= 4 is 17.8 Å². The summed E-state index contributed by atoms with van der Waals surface area (Å²) in [5.41, 5.74) is -0.385. The second-order valence-electron chi connectivity index (χ2n) is 4.92. The lowest BCUT2D eigenvalue weighted by Crippen LogP contribution is -2.45. The number of likely N-dealkylation sites (N-methyl/N-ethyl adjacent to an activating group) is 1. The van der Waals surface area contributed by atoms with E-state index >= 15 is 0 Å². The largest absolute Gasteiger partial charge is 0.414 e. The van der Waals surface area contributed by atoms with Crippen molar-refractivity contribution in [3.63, 3.8) is 0 Å². The second kappa shape index (κ2) is 6.23. The van der Waals surface area contributed by atoms with Gasteiger partial charge in [0.05, 0.1) is 5.69 Å². The predicted octanol–water partition coefficient (Wildman–Crippen LogP) is 0.695. The molecule has 1 saturated heterocycles. The zero-order valence-corrected chi connectivity index (χ0v) is 12.0. The normalized spacial score (nSPS) is 16.7. The fraction of sp³-hybridized carbons (Fsp3) is 0.385. The first-order valence-corrected chi connectivity index (χ1v) is 6.52. The molecule has 1 atom stereocenters. The van der Waals surface area contributed by atoms with Gasteiger partial charge in [-0.25, -0.2) is 4.79 Å². The SMILES string of the molecule is CN1CC(=O)N(CC(=O)NC(c2ccccn2)C(F)(F)F)C1=O. The molecular weight excluding hydrogens is 317 g/mol. The zero-order chi connectivity index (χ0) is 17.2. The Morgan fingerprint density at radius 3 is 2.57 bits per heavy atom. The maximum absolute atomic E-state index is 13.1. The van der Waals surface area contributed by atoms with E-state index in [9.17, 15) is 27.6 Å². The molecule has 1 aromatic heterocycles. The molecular formula is C13H13F3N4O3. The number of nitrogens with zero attached hydrogens (tertiary/aromatic N) is 3. The lowest BCUT2D eigenvalue weighted by molar-refractivity contribution is -0.164. The van der Waals surface area contributed by atoms with E-state index < -0.39 is 36.6 Å². The van der Waals surface area contributed by atoms with Gasteiger partial charge in [-0.15, -0.1) is 0 Å². The maximum Gasteiger partial charge on any atom is 0.414 e. The standard InChI is InChI=1S/C13H13F3N4O3/c1-19-7-10(22)20(12(19)23)6-9(21)18-11(13(14,15)16)8-4-2-3-5-17-8/h2-5,11H,6-7H2,1H3,(H,18,21). The van der Waals surface area contributed by atoms with Crippen LogP contribution in [0.4, 0.5) is 18.0 Å². The minimum Gasteiger partial charge on any atom is -0.338 e. The first-order valence-electron chi connectivity index (χ1n) is 6.52. The van der Waals surface area contributed by atoms with Crippen LogP contribution in [0.15, 0.2) is 24.4 Å². The molecule has 0 saturated carbocycles. The van der Waals surface area contributed by atoms with Crippen LogP contribution < -0.4 is 5.32 Å². The second-order valence-corrected chi connectivity index (χ2v) is 4.92. The van der Waals surface area contributed by atoms with Crippen LogP contribution >= 0.6 is 0 Å². The summed E-state index contributed by atoms with van der Waals surface area (Å²) in [5, 5.41) is 1.77. The fourth-order valence-corrected chi connectivity index (χ4v) is 2.04. The zero-order valence-electron chi connectivity index (χ0n) is 12.0. The highest BCUT2D eigenvalue weighted by Gasteiger charge is 2.43. The third-order valence-electron chi connectivity index (χ3n) is 3.15. The third kappa shape index (κ3) is 3.76. The first-order chi connectivity index (χ1) is 10.7. The number of carbonyl (C=O) groups excluding carboxylic acids is 3. The molecule has 4 amide bonds. The maximum atomic E-state index is 13.1. The summed E-state index contributed by atoms with van der Waals surface area (Å²) in [4.78, 5) is 40.2. The van der Waals surface area contributed by atoms with Gasteiger partial charge in [0, 0.05) is 13.2 Å². The van der Waals surface area contributed by atoms with E-state index in [1.165, 1.54) is 25.4 Å². The number of carbonyl (C=O) groups is 3. The molecule has 0 aliphatic carbocycles. The van der Waals surface area contributed by atoms with E-state index in [-0.39, 0.29) is 12.2 Å². The van der Waals surface area contributed by atoms with Crippen LogP contribution in [0.2, 0.25) is 0 Å². The van der Waals surface area contributed by atoms with E-state index in [4.69, 9.17) is 0 Å². The van der Waals surface area contributed by atoms with E-state index in [0.29, 0.717) is 4.90 Å². The lowest BCUT2D eigenvalue weighted by Gasteiger charge is -2.22. The average molecular weight is 330 g/mol. The molecule has 0 bridgehead atoms. The molecule has 23 heavy (non-hydrogen) atoms. The number of alkyl halides is 3. The van der Waals surface area contributed by atoms with Gasteiger partial charge in [0.15, 0.2) is 6.04 Å². The number of pyridine rings is 1. The number of nitrogens with one attached hydrogen (secondary N) is 1. The van der Waals surface area contributed by atoms with Crippen LogP contribution in [-0.2, 0) is 9.59 Å². The fourth-order valence-electron chi connectivity index (χ4n) is 2.04. The number of hydrogen-bond acceptors (Lipinski definition) is 4. The highest BCUT2D eigenvalue weighted by Crippen LogP contribution is 2.31. The predicted molar refractivity (Wildman–Crippen MR) is 70.9 cm³/mol. The molecule has 1 aromatic rings. The quantitative estimate of drug-likeness (QED) is 0.824. The molecule has 1 fully saturated rings. The number of hydrogen-bond donors (Lipinski definition) is 1. The molecule has 0 spiro atoms. The van der Waals surface area contributed by atoms with Crippen LogP contribution in [0.5, 0.6) is 0 Å². The summed E-state index contributed by atoms with van der Waals surface area (Å²) in [6, 6.07) is 0.873. The topological polar surface area (TPSA) is 82.6 Å². The van der Waals surface area contributed by atoms with Gasteiger partial charge in [0.2, 0.25) is 5.91 Å². The van der Waals surface area contributed by atoms with Crippen LogP contribution in [0, 0.1) is 0 Å². The van der Waals surface area contributed by atoms with Crippen molar-refractivity contribution in [3.8, 4) is 0 Å². The van der Waals surface area contributed by atoms with Crippen LogP contribution in [0.1, 0.15) is 11.7 Å². The lowest BCUT2D eigenvalue weighted by atomic mass is 10.1. The Balaban J connectivity index is 2.10. The number of halogens is 3. The van der Waals surface area contributed by atoms with Crippen molar-refractivity contribution in [2.24, 2.45) is 0 Å². The van der Waals surface area contributed by atoms with Gasteiger partial charge in [0.1, 0.15) is 13.1 Å². The van der Waals surface area contributed by atoms with E-state index in [1.54, 1.807) is 5.32 Å². The Morgan fingerprint density at radius 1 is 1.39 bits per heavy atom. The van der Waals surface area contributed by atoms with Gasteiger partial charge in [-0.05, 0) is 12.1 Å². The molecule has 0 radical (unpaired) electrons. The average Bonchev–Trinajstić information content (AvgIpc) is 2.71. The van der Waals surface area contributed by atoms with Crippen molar-refractivity contribution < 1.29 is 27.6 Å². The smallest absolute Gasteiger partial charge is 0.338 e. The van der Waals surface area contributed by atoms with Crippen molar-refractivity contribution in [2.45, 2.75) is 12.2 Å². The highest BCUT2D eigenvalue weighted by atomic mass is 19.4. The van der Waals surface area contributed by atoms with Gasteiger partial charge in [-0.2, -0.15) is 13.2 Å². The summed E-state index contributed by atoms with van der Waals surface area (Å²) in [6.45, 7) is -0.990. The van der Waals surface area contributed by atoms with Gasteiger partial charge < -0.3 is 10.2 Å². The molecule has 10 heteroatoms. The third-order valence-corrected chi connectivity index (χ3v) is 3.15.